The molecule has 2 aromatic heterocycles. The first kappa shape index (κ1) is 21.3. The van der Waals surface area contributed by atoms with E-state index in [0.717, 1.165) is 54.0 Å². The number of amides is 1. The lowest BCUT2D eigenvalue weighted by Crippen LogP contribution is -2.40. The predicted molar refractivity (Wildman–Crippen MR) is 120 cm³/mol. The number of benzene rings is 1. The number of likely N-dealkylation sites (tertiary alicyclic amines) is 1. The molecule has 1 saturated heterocycles. The molecule has 0 saturated carbocycles. The number of para-hydroxylation sites is 1. The average Bonchev–Trinajstić information content (AvgIpc) is 3.23. The molecule has 31 heavy (non-hydrogen) atoms. The highest BCUT2D eigenvalue weighted by Gasteiger charge is 2.24. The highest BCUT2D eigenvalue weighted by molar-refractivity contribution is 7.15. The second kappa shape index (κ2) is 9.93. The summed E-state index contributed by atoms with van der Waals surface area (Å²) in [6.45, 7) is 3.85. The molecule has 162 valence electrons. The first-order valence-electron chi connectivity index (χ1n) is 10.4. The Balaban J connectivity index is 1.37. The van der Waals surface area contributed by atoms with Crippen LogP contribution in [-0.4, -0.2) is 45.6 Å². The van der Waals surface area contributed by atoms with Crippen molar-refractivity contribution in [2.45, 2.75) is 32.1 Å². The summed E-state index contributed by atoms with van der Waals surface area (Å²) in [6, 6.07) is 12.1. The molecule has 0 spiro atoms. The van der Waals surface area contributed by atoms with Crippen molar-refractivity contribution >= 4 is 33.9 Å². The molecule has 1 atom stereocenters. The van der Waals surface area contributed by atoms with Crippen LogP contribution in [0.1, 0.15) is 36.4 Å². The van der Waals surface area contributed by atoms with Gasteiger partial charge in [-0.05, 0) is 50.1 Å². The zero-order valence-electron chi connectivity index (χ0n) is 17.3. The third-order valence-corrected chi connectivity index (χ3v) is 6.20. The van der Waals surface area contributed by atoms with E-state index in [1.54, 1.807) is 18.2 Å². The number of pyridine rings is 1. The average molecular weight is 441 g/mol. The minimum atomic E-state index is -0.428. The summed E-state index contributed by atoms with van der Waals surface area (Å²) in [4.78, 5) is 19.3. The lowest BCUT2D eigenvalue weighted by atomic mass is 9.94. The number of nitrogens with zero attached hydrogens (tertiary/aromatic N) is 4. The molecular weight excluding hydrogens is 415 g/mol. The van der Waals surface area contributed by atoms with Crippen molar-refractivity contribution in [2.75, 3.05) is 30.3 Å². The number of hydrogen-bond acceptors (Lipinski definition) is 7. The van der Waals surface area contributed by atoms with E-state index < -0.39 is 5.82 Å². The smallest absolute Gasteiger partial charge is 0.238 e. The van der Waals surface area contributed by atoms with Crippen LogP contribution in [0.3, 0.4) is 0 Å². The van der Waals surface area contributed by atoms with Crippen LogP contribution in [0.5, 0.6) is 0 Å². The Morgan fingerprint density at radius 1 is 1.23 bits per heavy atom. The summed E-state index contributed by atoms with van der Waals surface area (Å²) in [5, 5.41) is 15.9. The van der Waals surface area contributed by atoms with Crippen molar-refractivity contribution in [1.29, 1.82) is 0 Å². The molecule has 2 N–H and O–H groups in total. The predicted octanol–water partition coefficient (Wildman–Crippen LogP) is 4.20. The number of aromatic nitrogens is 3. The fourth-order valence-corrected chi connectivity index (χ4v) is 4.39. The number of rotatable bonds is 7. The van der Waals surface area contributed by atoms with E-state index >= 15 is 0 Å². The van der Waals surface area contributed by atoms with Crippen LogP contribution >= 0.6 is 11.3 Å². The van der Waals surface area contributed by atoms with E-state index in [4.69, 9.17) is 4.98 Å². The van der Waals surface area contributed by atoms with Crippen molar-refractivity contribution in [3.05, 3.63) is 59.0 Å². The molecule has 9 heteroatoms. The zero-order chi connectivity index (χ0) is 21.6. The number of nitrogens with one attached hydrogen (secondary N) is 2. The second-order valence-corrected chi connectivity index (χ2v) is 8.59. The third kappa shape index (κ3) is 5.62. The zero-order valence-corrected chi connectivity index (χ0v) is 18.2. The molecule has 1 unspecified atom stereocenters. The van der Waals surface area contributed by atoms with E-state index in [1.807, 2.05) is 18.2 Å². The lowest BCUT2D eigenvalue weighted by Gasteiger charge is -2.32. The summed E-state index contributed by atoms with van der Waals surface area (Å²) in [5.74, 6) is 0.336. The minimum absolute atomic E-state index is 0.211. The van der Waals surface area contributed by atoms with Gasteiger partial charge in [0.25, 0.3) is 0 Å². The van der Waals surface area contributed by atoms with Crippen molar-refractivity contribution in [1.82, 2.24) is 20.1 Å². The van der Waals surface area contributed by atoms with Gasteiger partial charge in [0.05, 0.1) is 12.2 Å². The largest absolute Gasteiger partial charge is 0.322 e. The fourth-order valence-electron chi connectivity index (χ4n) is 3.70. The van der Waals surface area contributed by atoms with Crippen LogP contribution in [0.4, 0.5) is 21.0 Å². The topological polar surface area (TPSA) is 83.0 Å². The van der Waals surface area contributed by atoms with Gasteiger partial charge in [0.1, 0.15) is 16.6 Å². The van der Waals surface area contributed by atoms with Gasteiger partial charge in [0.15, 0.2) is 0 Å². The minimum Gasteiger partial charge on any atom is -0.322 e. The Morgan fingerprint density at radius 3 is 2.90 bits per heavy atom. The Labute approximate surface area is 184 Å². The maximum atomic E-state index is 13.8. The van der Waals surface area contributed by atoms with E-state index in [2.05, 4.69) is 32.7 Å². The lowest BCUT2D eigenvalue weighted by molar-refractivity contribution is -0.117. The van der Waals surface area contributed by atoms with Gasteiger partial charge in [0.2, 0.25) is 11.0 Å². The quantitative estimate of drug-likeness (QED) is 0.573. The van der Waals surface area contributed by atoms with Crippen molar-refractivity contribution in [3.8, 4) is 0 Å². The third-order valence-electron chi connectivity index (χ3n) is 5.21. The van der Waals surface area contributed by atoms with Gasteiger partial charge >= 0.3 is 0 Å². The van der Waals surface area contributed by atoms with Crippen LogP contribution in [0.2, 0.25) is 0 Å². The van der Waals surface area contributed by atoms with E-state index in [0.29, 0.717) is 0 Å². The number of anilines is 3. The van der Waals surface area contributed by atoms with Crippen molar-refractivity contribution < 1.29 is 9.18 Å². The summed E-state index contributed by atoms with van der Waals surface area (Å²) in [7, 11) is 0. The van der Waals surface area contributed by atoms with Crippen molar-refractivity contribution in [3.63, 3.8) is 0 Å². The Morgan fingerprint density at radius 2 is 2.10 bits per heavy atom. The number of carbonyl (C=O) groups excluding carboxylic acids is 1. The summed E-state index contributed by atoms with van der Waals surface area (Å²) >= 11 is 1.53. The highest BCUT2D eigenvalue weighted by Crippen LogP contribution is 2.27. The van der Waals surface area contributed by atoms with E-state index in [1.165, 1.54) is 17.4 Å². The van der Waals surface area contributed by atoms with E-state index in [9.17, 15) is 9.18 Å². The molecule has 3 aromatic rings. The second-order valence-electron chi connectivity index (χ2n) is 7.53. The molecule has 1 fully saturated rings. The van der Waals surface area contributed by atoms with Crippen LogP contribution in [0, 0.1) is 5.82 Å². The van der Waals surface area contributed by atoms with Gasteiger partial charge in [-0.2, -0.15) is 0 Å². The molecule has 1 aliphatic heterocycles. The Bertz CT molecular complexity index is 1040. The number of carbonyl (C=O) groups is 1. The van der Waals surface area contributed by atoms with Gasteiger partial charge in [-0.25, -0.2) is 9.37 Å². The molecule has 0 aliphatic carbocycles. The normalized spacial score (nSPS) is 16.8. The molecule has 3 heterocycles. The first-order valence-corrected chi connectivity index (χ1v) is 11.3. The maximum Gasteiger partial charge on any atom is 0.238 e. The van der Waals surface area contributed by atoms with Crippen LogP contribution in [-0.2, 0) is 11.2 Å². The van der Waals surface area contributed by atoms with Gasteiger partial charge in [-0.3, -0.25) is 9.69 Å². The molecule has 7 nitrogen and oxygen atoms in total. The summed E-state index contributed by atoms with van der Waals surface area (Å²) in [6.07, 6.45) is 2.85. The number of aryl methyl sites for hydroxylation is 1. The van der Waals surface area contributed by atoms with Crippen LogP contribution in [0.15, 0.2) is 42.5 Å². The first-order chi connectivity index (χ1) is 15.1. The number of piperidine rings is 1. The van der Waals surface area contributed by atoms with Gasteiger partial charge in [0, 0.05) is 18.2 Å². The molecular formula is C22H25FN6OS. The van der Waals surface area contributed by atoms with Gasteiger partial charge < -0.3 is 10.6 Å². The molecule has 0 bridgehead atoms. The summed E-state index contributed by atoms with van der Waals surface area (Å²) < 4.78 is 13.8. The molecule has 0 radical (unpaired) electrons. The highest BCUT2D eigenvalue weighted by atomic mass is 32.1. The maximum absolute atomic E-state index is 13.8. The fraction of sp³-hybridized carbons (Fsp3) is 0.364. The van der Waals surface area contributed by atoms with Crippen molar-refractivity contribution in [2.24, 2.45) is 0 Å². The Hall–Kier alpha value is -2.91. The number of hydrogen-bond donors (Lipinski definition) is 2. The van der Waals surface area contributed by atoms with Gasteiger partial charge in [-0.15, -0.1) is 10.2 Å². The van der Waals surface area contributed by atoms with Crippen LogP contribution < -0.4 is 10.6 Å². The molecule has 4 rings (SSSR count). The number of halogens is 1. The molecule has 1 aliphatic rings. The monoisotopic (exact) mass is 440 g/mol. The Kier molecular flexibility index (Phi) is 6.83. The summed E-state index contributed by atoms with van der Waals surface area (Å²) in [5.41, 5.74) is 1.20. The molecule has 1 amide bonds. The van der Waals surface area contributed by atoms with Gasteiger partial charge in [-0.1, -0.05) is 36.5 Å². The molecule has 1 aromatic carbocycles. The SMILES string of the molecule is CCc1nnc(Nc2cccc(C3CCCN(CC(=O)Nc4ccccc4F)C3)n2)s1. The standard InChI is InChI=1S/C22H25FN6OS/c1-2-21-27-28-22(31-21)26-19-11-5-10-17(24-19)15-7-6-12-29(13-15)14-20(30)25-18-9-4-3-8-16(18)23/h3-5,8-11,15H,2,6-7,12-14H2,1H3,(H,25,30)(H,24,26,28). The van der Waals surface area contributed by atoms with Crippen LogP contribution in [0.25, 0.3) is 0 Å². The van der Waals surface area contributed by atoms with E-state index in [-0.39, 0.29) is 24.1 Å².